The van der Waals surface area contributed by atoms with Gasteiger partial charge in [-0.3, -0.25) is 0 Å². The number of alkyl halides is 3. The first-order valence-corrected chi connectivity index (χ1v) is 6.30. The third-order valence-electron chi connectivity index (χ3n) is 2.00. The molecule has 104 valence electrons. The Balaban J connectivity index is 3.04. The molecule has 0 amide bonds. The number of nitrogens with one attached hydrogen (secondary N) is 1. The molecular weight excluding hydrogens is 275 g/mol. The van der Waals surface area contributed by atoms with Crippen molar-refractivity contribution in [1.29, 1.82) is 0 Å². The lowest BCUT2D eigenvalue weighted by atomic mass is 10.6. The van der Waals surface area contributed by atoms with Gasteiger partial charge in [0.15, 0.2) is 5.03 Å². The third-order valence-corrected chi connectivity index (χ3v) is 3.76. The number of H-pyrrole nitrogens is 1. The minimum atomic E-state index is -4.68. The van der Waals surface area contributed by atoms with Crippen molar-refractivity contribution >= 4 is 10.0 Å². The second-order valence-corrected chi connectivity index (χ2v) is 5.42. The van der Waals surface area contributed by atoms with E-state index >= 15 is 0 Å². The molecule has 0 aliphatic rings. The molecule has 0 aliphatic heterocycles. The molecule has 18 heavy (non-hydrogen) atoms. The minimum Gasteiger partial charge on any atom is -0.395 e. The predicted octanol–water partition coefficient (Wildman–Crippen LogP) is 0.263. The van der Waals surface area contributed by atoms with Gasteiger partial charge >= 0.3 is 6.18 Å². The van der Waals surface area contributed by atoms with E-state index in [2.05, 4.69) is 9.97 Å². The molecule has 1 aromatic rings. The molecule has 1 aromatic heterocycles. The van der Waals surface area contributed by atoms with Gasteiger partial charge in [0.1, 0.15) is 12.4 Å². The summed E-state index contributed by atoms with van der Waals surface area (Å²) in [6.07, 6.45) is -3.75. The predicted molar refractivity (Wildman–Crippen MR) is 55.2 cm³/mol. The van der Waals surface area contributed by atoms with Crippen LogP contribution in [0.4, 0.5) is 13.2 Å². The molecule has 0 saturated heterocycles. The highest BCUT2D eigenvalue weighted by Crippen LogP contribution is 2.21. The molecular formula is C8H12F3N3O3S. The van der Waals surface area contributed by atoms with E-state index in [0.29, 0.717) is 0 Å². The first kappa shape index (κ1) is 14.9. The molecule has 0 spiro atoms. The van der Waals surface area contributed by atoms with Crippen LogP contribution in [-0.4, -0.2) is 53.7 Å². The van der Waals surface area contributed by atoms with Gasteiger partial charge in [0, 0.05) is 6.54 Å². The van der Waals surface area contributed by atoms with Crippen molar-refractivity contribution in [2.45, 2.75) is 18.1 Å². The monoisotopic (exact) mass is 287 g/mol. The summed E-state index contributed by atoms with van der Waals surface area (Å²) in [5, 5.41) is 8.22. The van der Waals surface area contributed by atoms with Crippen LogP contribution in [0.2, 0.25) is 0 Å². The maximum Gasteiger partial charge on any atom is 0.402 e. The smallest absolute Gasteiger partial charge is 0.395 e. The number of aromatic amines is 1. The van der Waals surface area contributed by atoms with Gasteiger partial charge in [-0.25, -0.2) is 13.4 Å². The number of nitrogens with zero attached hydrogens (tertiary/aromatic N) is 2. The van der Waals surface area contributed by atoms with E-state index in [1.807, 2.05) is 0 Å². The highest BCUT2D eigenvalue weighted by molar-refractivity contribution is 7.89. The molecule has 0 fully saturated rings. The first-order chi connectivity index (χ1) is 8.16. The van der Waals surface area contributed by atoms with Gasteiger partial charge in [-0.15, -0.1) is 0 Å². The number of halogens is 3. The zero-order chi connectivity index (χ0) is 14.0. The summed E-state index contributed by atoms with van der Waals surface area (Å²) >= 11 is 0. The van der Waals surface area contributed by atoms with Gasteiger partial charge in [0.2, 0.25) is 0 Å². The maximum atomic E-state index is 12.3. The van der Waals surface area contributed by atoms with Crippen LogP contribution < -0.4 is 0 Å². The molecule has 1 heterocycles. The summed E-state index contributed by atoms with van der Waals surface area (Å²) in [5.74, 6) is 0.268. The maximum absolute atomic E-state index is 12.3. The Kier molecular flexibility index (Phi) is 4.35. The fourth-order valence-corrected chi connectivity index (χ4v) is 2.64. The molecule has 0 saturated carbocycles. The van der Waals surface area contributed by atoms with Gasteiger partial charge in [0.05, 0.1) is 12.8 Å². The van der Waals surface area contributed by atoms with Gasteiger partial charge < -0.3 is 10.1 Å². The molecule has 2 N–H and O–H groups in total. The number of hydrogen-bond donors (Lipinski definition) is 2. The zero-order valence-corrected chi connectivity index (χ0v) is 10.2. The van der Waals surface area contributed by atoms with Gasteiger partial charge in [-0.1, -0.05) is 0 Å². The Morgan fingerprint density at radius 3 is 2.50 bits per heavy atom. The topological polar surface area (TPSA) is 86.3 Å². The summed E-state index contributed by atoms with van der Waals surface area (Å²) in [4.78, 5) is 5.97. The van der Waals surface area contributed by atoms with Crippen molar-refractivity contribution in [3.63, 3.8) is 0 Å². The number of aliphatic hydroxyl groups is 1. The summed E-state index contributed by atoms with van der Waals surface area (Å²) in [6.45, 7) is -1.53. The Morgan fingerprint density at radius 2 is 2.11 bits per heavy atom. The Morgan fingerprint density at radius 1 is 1.50 bits per heavy atom. The molecule has 0 unspecified atom stereocenters. The molecule has 0 aliphatic carbocycles. The summed E-state index contributed by atoms with van der Waals surface area (Å²) in [5.41, 5.74) is 0. The number of hydrogen-bond acceptors (Lipinski definition) is 4. The number of aryl methyl sites for hydroxylation is 1. The normalized spacial score (nSPS) is 13.2. The summed E-state index contributed by atoms with van der Waals surface area (Å²) < 4.78 is 60.7. The second kappa shape index (κ2) is 5.24. The SMILES string of the molecule is Cc1ncc(S(=O)(=O)N(CCO)CC(F)(F)F)[nH]1. The number of imidazole rings is 1. The van der Waals surface area contributed by atoms with E-state index in [-0.39, 0.29) is 10.1 Å². The van der Waals surface area contributed by atoms with E-state index in [1.165, 1.54) is 6.92 Å². The number of sulfonamides is 1. The number of aromatic nitrogens is 2. The van der Waals surface area contributed by atoms with Crippen LogP contribution >= 0.6 is 0 Å². The van der Waals surface area contributed by atoms with Crippen molar-refractivity contribution < 1.29 is 26.7 Å². The van der Waals surface area contributed by atoms with E-state index in [0.717, 1.165) is 6.20 Å². The third kappa shape index (κ3) is 3.68. The van der Waals surface area contributed by atoms with Crippen molar-refractivity contribution in [2.24, 2.45) is 0 Å². The Labute approximate surface area is 101 Å². The molecule has 10 heteroatoms. The largest absolute Gasteiger partial charge is 0.402 e. The van der Waals surface area contributed by atoms with Crippen molar-refractivity contribution in [1.82, 2.24) is 14.3 Å². The lowest BCUT2D eigenvalue weighted by molar-refractivity contribution is -0.136. The highest BCUT2D eigenvalue weighted by Gasteiger charge is 2.37. The van der Waals surface area contributed by atoms with Gasteiger partial charge in [-0.2, -0.15) is 17.5 Å². The first-order valence-electron chi connectivity index (χ1n) is 4.86. The van der Waals surface area contributed by atoms with Gasteiger partial charge in [-0.05, 0) is 6.92 Å². The van der Waals surface area contributed by atoms with Crippen LogP contribution in [0.1, 0.15) is 5.82 Å². The average molecular weight is 287 g/mol. The summed E-state index contributed by atoms with van der Waals surface area (Å²) in [7, 11) is -4.34. The fraction of sp³-hybridized carbons (Fsp3) is 0.625. The number of aliphatic hydroxyl groups excluding tert-OH is 1. The van der Waals surface area contributed by atoms with E-state index in [1.54, 1.807) is 0 Å². The van der Waals surface area contributed by atoms with Crippen LogP contribution in [0.3, 0.4) is 0 Å². The van der Waals surface area contributed by atoms with Crippen molar-refractivity contribution in [3.05, 3.63) is 12.0 Å². The highest BCUT2D eigenvalue weighted by atomic mass is 32.2. The quantitative estimate of drug-likeness (QED) is 0.813. The molecule has 0 aromatic carbocycles. The van der Waals surface area contributed by atoms with Crippen molar-refractivity contribution in [3.8, 4) is 0 Å². The van der Waals surface area contributed by atoms with Crippen molar-refractivity contribution in [2.75, 3.05) is 19.7 Å². The number of rotatable bonds is 5. The van der Waals surface area contributed by atoms with Crippen LogP contribution in [0, 0.1) is 6.92 Å². The van der Waals surface area contributed by atoms with E-state index < -0.39 is 40.9 Å². The molecule has 0 atom stereocenters. The molecule has 6 nitrogen and oxygen atoms in total. The Hall–Kier alpha value is -1.13. The zero-order valence-electron chi connectivity index (χ0n) is 9.40. The van der Waals surface area contributed by atoms with Crippen LogP contribution in [0.5, 0.6) is 0 Å². The van der Waals surface area contributed by atoms with Crippen LogP contribution in [0.25, 0.3) is 0 Å². The second-order valence-electron chi connectivity index (χ2n) is 3.51. The molecule has 1 rings (SSSR count). The van der Waals surface area contributed by atoms with Gasteiger partial charge in [0.25, 0.3) is 10.0 Å². The molecule has 0 bridgehead atoms. The molecule has 0 radical (unpaired) electrons. The Bertz CT molecular complexity index is 497. The van der Waals surface area contributed by atoms with Crippen LogP contribution in [0.15, 0.2) is 11.2 Å². The van der Waals surface area contributed by atoms with Crippen LogP contribution in [-0.2, 0) is 10.0 Å². The standard InChI is InChI=1S/C8H12F3N3O3S/c1-6-12-4-7(13-6)18(16,17)14(2-3-15)5-8(9,10)11/h4,15H,2-3,5H2,1H3,(H,12,13). The minimum absolute atomic E-state index is 0.153. The van der Waals surface area contributed by atoms with E-state index in [9.17, 15) is 21.6 Å². The summed E-state index contributed by atoms with van der Waals surface area (Å²) in [6, 6.07) is 0. The average Bonchev–Trinajstić information content (AvgIpc) is 2.63. The lowest BCUT2D eigenvalue weighted by Crippen LogP contribution is -2.40. The van der Waals surface area contributed by atoms with E-state index in [4.69, 9.17) is 5.11 Å². The lowest BCUT2D eigenvalue weighted by Gasteiger charge is -2.21. The fourth-order valence-electron chi connectivity index (χ4n) is 1.26.